The van der Waals surface area contributed by atoms with Gasteiger partial charge in [0.1, 0.15) is 14.3 Å². The molecule has 0 saturated carbocycles. The van der Waals surface area contributed by atoms with Crippen molar-refractivity contribution < 1.29 is 18.3 Å². The molecule has 380 valence electrons. The Kier molecular flexibility index (Phi) is 14.0. The summed E-state index contributed by atoms with van der Waals surface area (Å²) in [5, 5.41) is 6.68. The molecule has 4 atom stereocenters. The van der Waals surface area contributed by atoms with Crippen molar-refractivity contribution in [1.29, 1.82) is 0 Å². The molecule has 8 aromatic carbocycles. The third-order valence-electron chi connectivity index (χ3n) is 15.9. The minimum absolute atomic E-state index is 0.280. The lowest BCUT2D eigenvalue weighted by atomic mass is 9.99. The van der Waals surface area contributed by atoms with Gasteiger partial charge in [0.15, 0.2) is 14.3 Å². The SMILES string of the molecule is CC1=CCC(P2(=O)c3ccc(cc3)CC3=CCC(C=C3)P(=O)(c3ccc(C)cc3)c3cc(cc(P(=O)(c4ccc(C)cc4)c4ccc(C)cc4)c3)Cc3cc(P(=O)(c4ccc(C)cc4)c4ccc(C)cc4)cc2c3)C=C1. The van der Waals surface area contributed by atoms with Crippen LogP contribution in [0.1, 0.15) is 64.3 Å². The third-order valence-corrected chi connectivity index (χ3v) is 28.8. The lowest BCUT2D eigenvalue weighted by molar-refractivity contribution is 0.581. The van der Waals surface area contributed by atoms with E-state index in [2.05, 4.69) is 91.9 Å². The molecule has 0 fully saturated rings. The van der Waals surface area contributed by atoms with Gasteiger partial charge in [-0.05, 0) is 126 Å². The highest BCUT2D eigenvalue weighted by molar-refractivity contribution is 7.86. The van der Waals surface area contributed by atoms with Gasteiger partial charge in [0, 0.05) is 64.4 Å². The maximum Gasteiger partial charge on any atom is 0.171 e. The predicted molar refractivity (Wildman–Crippen MR) is 325 cm³/mol. The predicted octanol–water partition coefficient (Wildman–Crippen LogP) is 12.8. The van der Waals surface area contributed by atoms with Gasteiger partial charge in [-0.3, -0.25) is 0 Å². The Morgan fingerprint density at radius 1 is 0.355 bits per heavy atom. The Labute approximate surface area is 450 Å². The summed E-state index contributed by atoms with van der Waals surface area (Å²) in [6.07, 6.45) is 14.9. The third kappa shape index (κ3) is 9.52. The number of fused-ring (bicyclic) bond motifs is 1. The maximum absolute atomic E-state index is 17.0. The van der Waals surface area contributed by atoms with E-state index in [0.29, 0.717) is 61.7 Å². The van der Waals surface area contributed by atoms with Crippen molar-refractivity contribution in [2.75, 3.05) is 0 Å². The Morgan fingerprint density at radius 2 is 0.711 bits per heavy atom. The summed E-state index contributed by atoms with van der Waals surface area (Å²) in [6, 6.07) is 60.6. The van der Waals surface area contributed by atoms with E-state index in [1.807, 2.05) is 168 Å². The van der Waals surface area contributed by atoms with Crippen molar-refractivity contribution in [1.82, 2.24) is 0 Å². The van der Waals surface area contributed by atoms with Crippen molar-refractivity contribution in [3.63, 3.8) is 0 Å². The summed E-state index contributed by atoms with van der Waals surface area (Å²) >= 11 is 0. The molecule has 0 amide bonds. The Morgan fingerprint density at radius 3 is 1.07 bits per heavy atom. The molecule has 8 heteroatoms. The molecule has 4 nitrogen and oxygen atoms in total. The van der Waals surface area contributed by atoms with Crippen LogP contribution in [0.25, 0.3) is 0 Å². The Bertz CT molecular complexity index is 3760. The van der Waals surface area contributed by atoms with Crippen LogP contribution in [0.2, 0.25) is 0 Å². The first-order valence-electron chi connectivity index (χ1n) is 26.4. The molecule has 0 spiro atoms. The van der Waals surface area contributed by atoms with E-state index < -0.39 is 28.6 Å². The average Bonchev–Trinajstić information content (AvgIpc) is 3.44. The second kappa shape index (κ2) is 20.5. The summed E-state index contributed by atoms with van der Waals surface area (Å²) in [7, 11) is -14.5. The van der Waals surface area contributed by atoms with E-state index in [1.54, 1.807) is 0 Å². The van der Waals surface area contributed by atoms with Crippen LogP contribution < -0.4 is 53.0 Å². The van der Waals surface area contributed by atoms with Gasteiger partial charge in [-0.15, -0.1) is 0 Å². The largest absolute Gasteiger partial charge is 0.313 e. The van der Waals surface area contributed by atoms with E-state index in [9.17, 15) is 0 Å². The van der Waals surface area contributed by atoms with Crippen LogP contribution in [0.4, 0.5) is 0 Å². The first-order valence-corrected chi connectivity index (χ1v) is 33.4. The normalized spacial score (nSPS) is 20.4. The average molecular weight is 1070 g/mol. The second-order valence-corrected chi connectivity index (χ2v) is 33.1. The fraction of sp³-hybridized carbons (Fsp3) is 0.176. The summed E-state index contributed by atoms with van der Waals surface area (Å²) in [5.74, 6) is 0. The van der Waals surface area contributed by atoms with Crippen molar-refractivity contribution in [3.05, 3.63) is 274 Å². The summed E-state index contributed by atoms with van der Waals surface area (Å²) in [5.41, 5.74) is 9.49. The van der Waals surface area contributed by atoms with Crippen LogP contribution in [-0.2, 0) is 31.1 Å². The summed E-state index contributed by atoms with van der Waals surface area (Å²) < 4.78 is 67.7. The molecule has 4 unspecified atom stereocenters. The van der Waals surface area contributed by atoms with Crippen LogP contribution in [0.3, 0.4) is 0 Å². The highest BCUT2D eigenvalue weighted by Gasteiger charge is 2.41. The number of aryl methyl sites for hydroxylation is 5. The number of hydrogen-bond donors (Lipinski definition) is 0. The zero-order valence-electron chi connectivity index (χ0n) is 44.2. The van der Waals surface area contributed by atoms with E-state index >= 15 is 18.3 Å². The molecule has 0 radical (unpaired) electrons. The van der Waals surface area contributed by atoms with Gasteiger partial charge in [0.2, 0.25) is 0 Å². The highest BCUT2D eigenvalue weighted by Crippen LogP contribution is 2.55. The fourth-order valence-electron chi connectivity index (χ4n) is 11.4. The van der Waals surface area contributed by atoms with Crippen LogP contribution >= 0.6 is 28.6 Å². The van der Waals surface area contributed by atoms with Gasteiger partial charge in [-0.1, -0.05) is 215 Å². The van der Waals surface area contributed by atoms with Crippen LogP contribution in [0.5, 0.6) is 0 Å². The molecule has 8 aromatic rings. The van der Waals surface area contributed by atoms with Crippen LogP contribution in [0.15, 0.2) is 230 Å². The quantitative estimate of drug-likeness (QED) is 0.142. The number of hydrogen-bond acceptors (Lipinski definition) is 4. The number of rotatable bonds is 8. The van der Waals surface area contributed by atoms with Gasteiger partial charge in [0.25, 0.3) is 0 Å². The van der Waals surface area contributed by atoms with E-state index in [4.69, 9.17) is 0 Å². The first-order chi connectivity index (χ1) is 36.5. The molecule has 76 heavy (non-hydrogen) atoms. The molecule has 0 N–H and O–H groups in total. The molecule has 5 aliphatic rings. The molecule has 3 aliphatic heterocycles. The molecule has 3 heterocycles. The summed E-state index contributed by atoms with van der Waals surface area (Å²) in [6.45, 7) is 12.3. The van der Waals surface area contributed by atoms with Crippen molar-refractivity contribution in [3.8, 4) is 0 Å². The molecule has 0 aromatic heterocycles. The minimum Gasteiger partial charge on any atom is -0.313 e. The molecule has 13 rings (SSSR count). The molecule has 2 aliphatic carbocycles. The van der Waals surface area contributed by atoms with E-state index in [1.165, 1.54) is 0 Å². The van der Waals surface area contributed by atoms with Gasteiger partial charge in [-0.2, -0.15) is 0 Å². The van der Waals surface area contributed by atoms with Crippen LogP contribution in [0, 0.1) is 34.6 Å². The van der Waals surface area contributed by atoms with Crippen molar-refractivity contribution in [2.24, 2.45) is 0 Å². The maximum atomic E-state index is 17.0. The monoisotopic (exact) mass is 1070 g/mol. The van der Waals surface area contributed by atoms with Crippen LogP contribution in [-0.4, -0.2) is 11.3 Å². The molecule has 8 bridgehead atoms. The number of allylic oxidation sites excluding steroid dienone is 8. The van der Waals surface area contributed by atoms with Gasteiger partial charge < -0.3 is 18.3 Å². The number of benzene rings is 8. The lowest BCUT2D eigenvalue weighted by Gasteiger charge is -2.31. The van der Waals surface area contributed by atoms with Crippen molar-refractivity contribution >= 4 is 81.6 Å². The lowest BCUT2D eigenvalue weighted by Crippen LogP contribution is -2.32. The van der Waals surface area contributed by atoms with E-state index in [-0.39, 0.29) is 17.7 Å². The Hall–Kier alpha value is -6.36. The standard InChI is InChI=1S/C68H64O4P4/c1-47-7-23-57(24-8-47)73(69,58-25-9-48(2)10-26-58)65-41-55-40-56-42-66(74(70,59-27-11-49(3)12-28-59)60-29-13-50(4)14-30-60)46-68(44-56)76(72,62-33-17-52(6)18-34-62)64-37-21-54(22-38-64)39-53-19-35-63(36-20-53)75(71,67(43-55)45-65)61-31-15-51(5)16-32-61/h7-33,35,37-38,41-46,62-63H,34,36,39-40H2,1-6H3. The van der Waals surface area contributed by atoms with Crippen molar-refractivity contribution in [2.45, 2.75) is 78.5 Å². The zero-order valence-corrected chi connectivity index (χ0v) is 47.8. The molecule has 0 saturated heterocycles. The second-order valence-electron chi connectivity index (χ2n) is 21.5. The molecular weight excluding hydrogens is 1000 g/mol. The van der Waals surface area contributed by atoms with E-state index in [0.717, 1.165) is 66.3 Å². The fourth-order valence-corrected chi connectivity index (χ4v) is 23.1. The summed E-state index contributed by atoms with van der Waals surface area (Å²) in [4.78, 5) is 0. The van der Waals surface area contributed by atoms with Gasteiger partial charge in [0.05, 0.1) is 0 Å². The minimum atomic E-state index is -3.67. The van der Waals surface area contributed by atoms with Gasteiger partial charge in [-0.25, -0.2) is 0 Å². The molecular formula is C68H64O4P4. The highest BCUT2D eigenvalue weighted by atomic mass is 31.2. The topological polar surface area (TPSA) is 68.3 Å². The van der Waals surface area contributed by atoms with Gasteiger partial charge >= 0.3 is 0 Å². The first kappa shape index (κ1) is 51.7. The zero-order chi connectivity index (χ0) is 53.0. The smallest absolute Gasteiger partial charge is 0.171 e. The Balaban J connectivity index is 1.24.